The molecule has 0 saturated carbocycles. The van der Waals surface area contributed by atoms with Crippen LogP contribution in [0.2, 0.25) is 0 Å². The van der Waals surface area contributed by atoms with E-state index in [-0.39, 0.29) is 66.4 Å². The minimum Gasteiger partial charge on any atom is -0.337 e. The summed E-state index contributed by atoms with van der Waals surface area (Å²) in [6.45, 7) is 11.5. The summed E-state index contributed by atoms with van der Waals surface area (Å²) in [5.74, 6) is -0.206. The van der Waals surface area contributed by atoms with Crippen molar-refractivity contribution < 1.29 is 24.0 Å². The van der Waals surface area contributed by atoms with Crippen molar-refractivity contribution in [1.82, 2.24) is 59.5 Å². The molecular formula is C54H50N12O5. The van der Waals surface area contributed by atoms with Crippen molar-refractivity contribution in [2.24, 2.45) is 21.7 Å². The van der Waals surface area contributed by atoms with Gasteiger partial charge in [-0.25, -0.2) is 0 Å². The molecule has 0 N–H and O–H groups in total. The molecule has 4 bridgehead atoms. The Bertz CT molecular complexity index is 3260. The van der Waals surface area contributed by atoms with Crippen LogP contribution in [0.4, 0.5) is 0 Å². The Morgan fingerprint density at radius 3 is 0.831 bits per heavy atom. The third-order valence-corrected chi connectivity index (χ3v) is 14.4. The maximum atomic E-state index is 13.5. The van der Waals surface area contributed by atoms with Crippen LogP contribution in [0.25, 0.3) is 44.1 Å². The number of amides is 4. The van der Waals surface area contributed by atoms with Crippen molar-refractivity contribution in [1.29, 1.82) is 0 Å². The number of nitrogens with zero attached hydrogens (tertiary/aromatic N) is 12. The number of piperidine rings is 4. The molecule has 4 aliphatic heterocycles. The van der Waals surface area contributed by atoms with Crippen LogP contribution in [-0.2, 0) is 4.79 Å². The summed E-state index contributed by atoms with van der Waals surface area (Å²) in [5, 5.41) is 0. The molecule has 4 aromatic heterocycles. The molecule has 0 spiro atoms. The number of hydrogen-bond acceptors (Lipinski definition) is 13. The molecule has 4 aromatic carbocycles. The molecule has 12 rings (SSSR count). The van der Waals surface area contributed by atoms with E-state index in [2.05, 4.69) is 53.7 Å². The molecule has 71 heavy (non-hydrogen) atoms. The molecule has 17 nitrogen and oxygen atoms in total. The minimum absolute atomic E-state index is 0.00239. The van der Waals surface area contributed by atoms with Gasteiger partial charge in [0.2, 0.25) is 0 Å². The van der Waals surface area contributed by atoms with E-state index >= 15 is 0 Å². The molecule has 4 amide bonds. The van der Waals surface area contributed by atoms with Gasteiger partial charge in [-0.2, -0.15) is 0 Å². The van der Waals surface area contributed by atoms with Gasteiger partial charge < -0.3 is 19.6 Å². The van der Waals surface area contributed by atoms with Gasteiger partial charge >= 0.3 is 0 Å². The zero-order valence-electron chi connectivity index (χ0n) is 39.8. The van der Waals surface area contributed by atoms with Gasteiger partial charge in [-0.1, -0.05) is 13.8 Å². The minimum atomic E-state index is -0.871. The standard InChI is InChI=1S/C27H24N6O3.C27H26N6O2/c1-26-13-32(23(34)17-3-5-19-21(11-17)30-9-7-28-19)15-27(2,25(26)36)16-33(14-26)24(35)18-4-6-20-22(12-18)31-10-8-29-20;1-26-13-27(2,16-32(14-26)24(34)18-3-5-20-22(11-18)30-9-7-28-20)17-33(15-26)25(35)19-4-6-21-23(12-19)31-10-8-29-21/h3-12H,13-16H2,1-2H3;3-12H,13-17H2,1-2H3. The average molecular weight is 947 g/mol. The largest absolute Gasteiger partial charge is 0.337 e. The second kappa shape index (κ2) is 17.0. The number of carbonyl (C=O) groups excluding carboxylic acids is 5. The quantitative estimate of drug-likeness (QED) is 0.189. The lowest BCUT2D eigenvalue weighted by molar-refractivity contribution is -0.153. The first-order valence-corrected chi connectivity index (χ1v) is 23.6. The van der Waals surface area contributed by atoms with E-state index in [4.69, 9.17) is 0 Å². The summed E-state index contributed by atoms with van der Waals surface area (Å²) >= 11 is 0. The van der Waals surface area contributed by atoms with Crippen LogP contribution in [0.1, 0.15) is 75.5 Å². The molecule has 8 heterocycles. The van der Waals surface area contributed by atoms with Crippen molar-refractivity contribution in [3.63, 3.8) is 0 Å². The van der Waals surface area contributed by atoms with E-state index in [1.165, 1.54) is 0 Å². The van der Waals surface area contributed by atoms with E-state index < -0.39 is 10.8 Å². The number of rotatable bonds is 4. The summed E-state index contributed by atoms with van der Waals surface area (Å²) in [5.41, 5.74) is 5.82. The number of fused-ring (bicyclic) bond motifs is 8. The monoisotopic (exact) mass is 946 g/mol. The van der Waals surface area contributed by atoms with Gasteiger partial charge in [-0.05, 0) is 93.1 Å². The molecule has 4 saturated heterocycles. The lowest BCUT2D eigenvalue weighted by atomic mass is 9.64. The van der Waals surface area contributed by atoms with E-state index in [1.807, 2.05) is 60.0 Å². The Hall–Kier alpha value is -8.21. The predicted octanol–water partition coefficient (Wildman–Crippen LogP) is 6.35. The van der Waals surface area contributed by atoms with Crippen molar-refractivity contribution in [3.8, 4) is 0 Å². The zero-order chi connectivity index (χ0) is 49.3. The molecule has 0 atom stereocenters. The van der Waals surface area contributed by atoms with E-state index in [0.717, 1.165) is 17.5 Å². The average Bonchev–Trinajstić information content (AvgIpc) is 3.37. The highest BCUT2D eigenvalue weighted by Gasteiger charge is 2.57. The summed E-state index contributed by atoms with van der Waals surface area (Å²) < 4.78 is 0. The molecule has 0 radical (unpaired) electrons. The summed E-state index contributed by atoms with van der Waals surface area (Å²) in [7, 11) is 0. The Balaban J connectivity index is 0.000000154. The van der Waals surface area contributed by atoms with Crippen molar-refractivity contribution in [2.45, 2.75) is 34.1 Å². The van der Waals surface area contributed by atoms with Crippen LogP contribution < -0.4 is 0 Å². The van der Waals surface area contributed by atoms with Crippen LogP contribution in [0.15, 0.2) is 122 Å². The van der Waals surface area contributed by atoms with Gasteiger partial charge in [0.15, 0.2) is 5.78 Å². The fraction of sp³-hybridized carbons (Fsp3) is 0.315. The highest BCUT2D eigenvalue weighted by Crippen LogP contribution is 2.47. The van der Waals surface area contributed by atoms with Crippen LogP contribution in [0.5, 0.6) is 0 Å². The van der Waals surface area contributed by atoms with Gasteiger partial charge in [0.1, 0.15) is 0 Å². The van der Waals surface area contributed by atoms with Gasteiger partial charge in [-0.15, -0.1) is 0 Å². The topological polar surface area (TPSA) is 201 Å². The van der Waals surface area contributed by atoms with Crippen LogP contribution in [-0.4, -0.2) is 141 Å². The number of benzene rings is 4. The van der Waals surface area contributed by atoms with Crippen molar-refractivity contribution in [3.05, 3.63) is 145 Å². The first-order valence-electron chi connectivity index (χ1n) is 23.6. The maximum absolute atomic E-state index is 13.5. The summed E-state index contributed by atoms with van der Waals surface area (Å²) in [6.07, 6.45) is 14.0. The van der Waals surface area contributed by atoms with Crippen LogP contribution in [0.3, 0.4) is 0 Å². The summed E-state index contributed by atoms with van der Waals surface area (Å²) in [4.78, 5) is 109. The van der Waals surface area contributed by atoms with Crippen molar-refractivity contribution in [2.75, 3.05) is 52.4 Å². The number of Topliss-reactive ketones (excluding diaryl/α,β-unsaturated/α-hetero) is 1. The highest BCUT2D eigenvalue weighted by molar-refractivity contribution is 6.03. The molecule has 4 aliphatic rings. The Morgan fingerprint density at radius 2 is 0.577 bits per heavy atom. The van der Waals surface area contributed by atoms with Crippen LogP contribution >= 0.6 is 0 Å². The number of aromatic nitrogens is 8. The predicted molar refractivity (Wildman–Crippen MR) is 264 cm³/mol. The fourth-order valence-electron chi connectivity index (χ4n) is 11.9. The molecule has 8 aromatic rings. The number of ketones is 1. The molecular weight excluding hydrogens is 897 g/mol. The molecule has 4 fully saturated rings. The van der Waals surface area contributed by atoms with Gasteiger partial charge in [0, 0.05) is 135 Å². The SMILES string of the molecule is CC12CN(C(=O)c3ccc4nccnc4c3)CC(C)(CN(C(=O)c3ccc4nccnc4c3)C1)C2.CC12CN(C(=O)c3ccc4nccnc4c3)CC(C)(CN(C(=O)c3ccc4nccnc4c3)C1)C2=O. The lowest BCUT2D eigenvalue weighted by Crippen LogP contribution is -2.69. The Labute approximate surface area is 408 Å². The number of carbonyl (C=O) groups is 5. The third kappa shape index (κ3) is 8.44. The maximum Gasteiger partial charge on any atom is 0.253 e. The lowest BCUT2D eigenvalue weighted by Gasteiger charge is -2.56. The molecule has 17 heteroatoms. The van der Waals surface area contributed by atoms with E-state index in [1.54, 1.807) is 95.8 Å². The smallest absolute Gasteiger partial charge is 0.253 e. The third-order valence-electron chi connectivity index (χ3n) is 14.4. The van der Waals surface area contributed by atoms with Gasteiger partial charge in [0.25, 0.3) is 23.6 Å². The van der Waals surface area contributed by atoms with E-state index in [0.29, 0.717) is 81.5 Å². The van der Waals surface area contributed by atoms with Gasteiger partial charge in [0.05, 0.1) is 55.0 Å². The second-order valence-electron chi connectivity index (χ2n) is 20.9. The van der Waals surface area contributed by atoms with Crippen molar-refractivity contribution >= 4 is 73.5 Å². The first kappa shape index (κ1) is 45.2. The van der Waals surface area contributed by atoms with Crippen LogP contribution in [0, 0.1) is 21.7 Å². The zero-order valence-corrected chi connectivity index (χ0v) is 39.8. The van der Waals surface area contributed by atoms with E-state index in [9.17, 15) is 24.0 Å². The molecule has 0 unspecified atom stereocenters. The Kier molecular flexibility index (Phi) is 10.9. The second-order valence-corrected chi connectivity index (χ2v) is 20.9. The Morgan fingerprint density at radius 1 is 0.352 bits per heavy atom. The fourth-order valence-corrected chi connectivity index (χ4v) is 11.9. The summed E-state index contributed by atoms with van der Waals surface area (Å²) in [6, 6.07) is 21.5. The molecule has 0 aliphatic carbocycles. The number of likely N-dealkylation sites (tertiary alicyclic amines) is 4. The normalized spacial score (nSPS) is 23.9. The van der Waals surface area contributed by atoms with Gasteiger partial charge in [-0.3, -0.25) is 63.8 Å². The highest BCUT2D eigenvalue weighted by atomic mass is 16.2. The molecule has 356 valence electrons. The number of hydrogen-bond donors (Lipinski definition) is 0. The first-order chi connectivity index (χ1) is 34.1.